The summed E-state index contributed by atoms with van der Waals surface area (Å²) in [4.78, 5) is 3.92. The number of aromatic nitrogens is 1. The lowest BCUT2D eigenvalue weighted by Crippen LogP contribution is -1.92. The quantitative estimate of drug-likeness (QED) is 0.677. The molecule has 3 heteroatoms. The second kappa shape index (κ2) is 2.94. The van der Waals surface area contributed by atoms with Crippen molar-refractivity contribution in [3.8, 4) is 0 Å². The largest absolute Gasteiger partial charge is 0.386 e. The van der Waals surface area contributed by atoms with Crippen molar-refractivity contribution >= 4 is 11.3 Å². The van der Waals surface area contributed by atoms with Crippen LogP contribution in [0.5, 0.6) is 0 Å². The molecule has 1 aromatic heterocycles. The molecule has 49 valence electrons. The zero-order chi connectivity index (χ0) is 6.69. The highest BCUT2D eigenvalue weighted by Crippen LogP contribution is 2.17. The Kier molecular flexibility index (Phi) is 2.19. The van der Waals surface area contributed by atoms with E-state index >= 15 is 0 Å². The summed E-state index contributed by atoms with van der Waals surface area (Å²) >= 11 is 1.45. The molecule has 0 saturated heterocycles. The Morgan fingerprint density at radius 2 is 2.67 bits per heavy atom. The van der Waals surface area contributed by atoms with Crippen LogP contribution in [0.25, 0.3) is 0 Å². The summed E-state index contributed by atoms with van der Waals surface area (Å²) in [6.45, 7) is 3.56. The fourth-order valence-corrected chi connectivity index (χ4v) is 1.18. The second-order valence-electron chi connectivity index (χ2n) is 1.67. The van der Waals surface area contributed by atoms with Gasteiger partial charge in [-0.05, 0) is 6.42 Å². The minimum absolute atomic E-state index is 0.468. The highest BCUT2D eigenvalue weighted by atomic mass is 32.1. The number of aliphatic hydroxyl groups excluding tert-OH is 1. The molecule has 9 heavy (non-hydrogen) atoms. The fourth-order valence-electron chi connectivity index (χ4n) is 0.523. The Labute approximate surface area is 58.2 Å². The third kappa shape index (κ3) is 1.50. The molecule has 0 amide bonds. The number of nitrogens with zero attached hydrogens (tertiary/aromatic N) is 1. The van der Waals surface area contributed by atoms with E-state index in [9.17, 15) is 0 Å². The van der Waals surface area contributed by atoms with E-state index in [1.54, 1.807) is 6.20 Å². The van der Waals surface area contributed by atoms with Gasteiger partial charge in [0.25, 0.3) is 0 Å². The van der Waals surface area contributed by atoms with Crippen molar-refractivity contribution < 1.29 is 5.11 Å². The fraction of sp³-hybridized carbons (Fsp3) is 0.333. The average molecular weight is 142 g/mol. The normalized spacial score (nSPS) is 13.6. The maximum absolute atomic E-state index is 9.10. The van der Waals surface area contributed by atoms with Gasteiger partial charge in [0.15, 0.2) is 0 Å². The Bertz CT molecular complexity index is 162. The van der Waals surface area contributed by atoms with Crippen LogP contribution >= 0.6 is 11.3 Å². The molecule has 2 nitrogen and oxygen atoms in total. The molecular weight excluding hydrogens is 134 g/mol. The van der Waals surface area contributed by atoms with Gasteiger partial charge in [0.1, 0.15) is 11.1 Å². The van der Waals surface area contributed by atoms with E-state index in [0.717, 1.165) is 5.01 Å². The first kappa shape index (κ1) is 6.71. The molecule has 0 aliphatic rings. The minimum atomic E-state index is -0.468. The highest BCUT2D eigenvalue weighted by molar-refractivity contribution is 7.09. The predicted octanol–water partition coefficient (Wildman–Crippen LogP) is 1.40. The van der Waals surface area contributed by atoms with Crippen molar-refractivity contribution in [2.24, 2.45) is 0 Å². The van der Waals surface area contributed by atoms with Gasteiger partial charge in [-0.25, -0.2) is 4.98 Å². The number of hydrogen-bond donors (Lipinski definition) is 1. The Morgan fingerprint density at radius 3 is 3.11 bits per heavy atom. The molecule has 0 saturated carbocycles. The van der Waals surface area contributed by atoms with Crippen molar-refractivity contribution in [3.63, 3.8) is 0 Å². The van der Waals surface area contributed by atoms with E-state index in [-0.39, 0.29) is 0 Å². The van der Waals surface area contributed by atoms with Gasteiger partial charge < -0.3 is 5.11 Å². The van der Waals surface area contributed by atoms with Gasteiger partial charge in [0.2, 0.25) is 0 Å². The van der Waals surface area contributed by atoms with Crippen LogP contribution < -0.4 is 0 Å². The Balaban J connectivity index is 2.65. The van der Waals surface area contributed by atoms with Gasteiger partial charge in [0, 0.05) is 11.6 Å². The molecule has 0 bridgehead atoms. The van der Waals surface area contributed by atoms with Gasteiger partial charge >= 0.3 is 0 Å². The molecule has 1 atom stereocenters. The number of aliphatic hydroxyl groups is 1. The van der Waals surface area contributed by atoms with E-state index in [1.807, 2.05) is 5.38 Å². The molecule has 1 radical (unpaired) electrons. The summed E-state index contributed by atoms with van der Waals surface area (Å²) in [5.41, 5.74) is 0. The van der Waals surface area contributed by atoms with Crippen LogP contribution in [-0.2, 0) is 0 Å². The van der Waals surface area contributed by atoms with Gasteiger partial charge in [-0.1, -0.05) is 6.92 Å². The summed E-state index contributed by atoms with van der Waals surface area (Å²) in [6, 6.07) is 0. The topological polar surface area (TPSA) is 33.1 Å². The second-order valence-corrected chi connectivity index (χ2v) is 2.60. The van der Waals surface area contributed by atoms with Crippen molar-refractivity contribution in [1.29, 1.82) is 0 Å². The highest BCUT2D eigenvalue weighted by Gasteiger charge is 2.05. The Hall–Kier alpha value is -0.410. The third-order valence-electron chi connectivity index (χ3n) is 1.01. The monoisotopic (exact) mass is 142 g/mol. The van der Waals surface area contributed by atoms with Gasteiger partial charge in [-0.3, -0.25) is 0 Å². The number of thiazole rings is 1. The maximum Gasteiger partial charge on any atom is 0.121 e. The third-order valence-corrected chi connectivity index (χ3v) is 1.89. The van der Waals surface area contributed by atoms with Gasteiger partial charge in [-0.2, -0.15) is 0 Å². The number of hydrogen-bond acceptors (Lipinski definition) is 3. The van der Waals surface area contributed by atoms with Crippen LogP contribution in [0, 0.1) is 6.92 Å². The summed E-state index contributed by atoms with van der Waals surface area (Å²) in [6.07, 6.45) is 1.71. The van der Waals surface area contributed by atoms with Crippen molar-refractivity contribution in [1.82, 2.24) is 4.98 Å². The van der Waals surface area contributed by atoms with E-state index in [1.165, 1.54) is 11.3 Å². The van der Waals surface area contributed by atoms with E-state index in [2.05, 4.69) is 11.9 Å². The summed E-state index contributed by atoms with van der Waals surface area (Å²) in [5.74, 6) is 0. The first-order valence-corrected chi connectivity index (χ1v) is 3.59. The van der Waals surface area contributed by atoms with Crippen LogP contribution in [0.1, 0.15) is 17.5 Å². The van der Waals surface area contributed by atoms with Gasteiger partial charge in [0.05, 0.1) is 0 Å². The van der Waals surface area contributed by atoms with Crippen LogP contribution in [0.15, 0.2) is 11.6 Å². The van der Waals surface area contributed by atoms with Crippen LogP contribution in [0.4, 0.5) is 0 Å². The van der Waals surface area contributed by atoms with Crippen molar-refractivity contribution in [3.05, 3.63) is 23.5 Å². The minimum Gasteiger partial charge on any atom is -0.386 e. The van der Waals surface area contributed by atoms with Crippen LogP contribution in [0.3, 0.4) is 0 Å². The summed E-state index contributed by atoms with van der Waals surface area (Å²) < 4.78 is 0. The molecule has 1 rings (SSSR count). The summed E-state index contributed by atoms with van der Waals surface area (Å²) in [7, 11) is 0. The lowest BCUT2D eigenvalue weighted by atomic mass is 10.3. The molecule has 0 aliphatic carbocycles. The molecule has 1 aromatic rings. The van der Waals surface area contributed by atoms with Crippen molar-refractivity contribution in [2.75, 3.05) is 0 Å². The lowest BCUT2D eigenvalue weighted by Gasteiger charge is -1.99. The molecule has 0 fully saturated rings. The number of rotatable bonds is 2. The van der Waals surface area contributed by atoms with Crippen LogP contribution in [0.2, 0.25) is 0 Å². The van der Waals surface area contributed by atoms with E-state index in [4.69, 9.17) is 5.11 Å². The first-order valence-electron chi connectivity index (χ1n) is 2.71. The van der Waals surface area contributed by atoms with E-state index in [0.29, 0.717) is 6.42 Å². The predicted molar refractivity (Wildman–Crippen MR) is 37.0 cm³/mol. The SMILES string of the molecule is [CH2]C[C@@H](O)c1nccs1. The van der Waals surface area contributed by atoms with E-state index < -0.39 is 6.10 Å². The molecule has 0 spiro atoms. The average Bonchev–Trinajstić information content (AvgIpc) is 2.37. The lowest BCUT2D eigenvalue weighted by molar-refractivity contribution is 0.180. The first-order chi connectivity index (χ1) is 4.34. The molecule has 0 aliphatic heterocycles. The maximum atomic E-state index is 9.10. The Morgan fingerprint density at radius 1 is 1.89 bits per heavy atom. The zero-order valence-corrected chi connectivity index (χ0v) is 5.77. The molecule has 0 aromatic carbocycles. The van der Waals surface area contributed by atoms with Crippen molar-refractivity contribution in [2.45, 2.75) is 12.5 Å². The molecule has 1 N–H and O–H groups in total. The standard InChI is InChI=1S/C6H8NOS/c1-2-5(8)6-7-3-4-9-6/h3-5,8H,1-2H2/t5-/m1/s1. The van der Waals surface area contributed by atoms with Crippen LogP contribution in [-0.4, -0.2) is 10.1 Å². The molecule has 0 unspecified atom stereocenters. The summed E-state index contributed by atoms with van der Waals surface area (Å²) in [5, 5.41) is 11.7. The molecule has 1 heterocycles. The van der Waals surface area contributed by atoms with Gasteiger partial charge in [-0.15, -0.1) is 11.3 Å². The smallest absolute Gasteiger partial charge is 0.121 e. The zero-order valence-electron chi connectivity index (χ0n) is 4.95. The molecular formula is C6H8NOS.